The summed E-state index contributed by atoms with van der Waals surface area (Å²) in [5.74, 6) is -0.139. The summed E-state index contributed by atoms with van der Waals surface area (Å²) in [6, 6.07) is 7.27. The minimum Gasteiger partial charge on any atom is -0.326 e. The zero-order chi connectivity index (χ0) is 13.8. The Labute approximate surface area is 128 Å². The van der Waals surface area contributed by atoms with Crippen molar-refractivity contribution in [2.45, 2.75) is 26.8 Å². The fraction of sp³-hybridized carbons (Fsp3) is 0.286. The molecule has 6 heteroatoms. The average Bonchev–Trinajstić information content (AvgIpc) is 2.78. The molecular weight excluding hydrogens is 294 g/mol. The monoisotopic (exact) mass is 311 g/mol. The summed E-state index contributed by atoms with van der Waals surface area (Å²) < 4.78 is 0. The van der Waals surface area contributed by atoms with Gasteiger partial charge in [-0.25, -0.2) is 4.98 Å². The summed E-state index contributed by atoms with van der Waals surface area (Å²) in [7, 11) is 0. The second-order valence-electron chi connectivity index (χ2n) is 4.23. The number of thiazole rings is 1. The van der Waals surface area contributed by atoms with Crippen molar-refractivity contribution in [3.63, 3.8) is 0 Å². The summed E-state index contributed by atoms with van der Waals surface area (Å²) in [4.78, 5) is 17.6. The molecule has 0 aliphatic carbocycles. The smallest absolute Gasteiger partial charge is 0.257 e. The lowest BCUT2D eigenvalue weighted by atomic mass is 10.1. The molecule has 0 saturated heterocycles. The van der Waals surface area contributed by atoms with Gasteiger partial charge in [-0.05, 0) is 31.0 Å². The Kier molecular flexibility index (Phi) is 6.13. The zero-order valence-corrected chi connectivity index (χ0v) is 13.1. The molecule has 2 rings (SSSR count). The summed E-state index contributed by atoms with van der Waals surface area (Å²) in [6.07, 6.45) is 0.878. The molecule has 2 aromatic rings. The summed E-state index contributed by atoms with van der Waals surface area (Å²) in [5.41, 5.74) is 8.19. The maximum absolute atomic E-state index is 12.0. The van der Waals surface area contributed by atoms with Crippen LogP contribution in [0.3, 0.4) is 0 Å². The van der Waals surface area contributed by atoms with Gasteiger partial charge in [-0.2, -0.15) is 0 Å². The average molecular weight is 312 g/mol. The normalized spacial score (nSPS) is 9.95. The highest BCUT2D eigenvalue weighted by molar-refractivity contribution is 7.15. The van der Waals surface area contributed by atoms with E-state index < -0.39 is 0 Å². The van der Waals surface area contributed by atoms with Gasteiger partial charge in [0.1, 0.15) is 0 Å². The maximum Gasteiger partial charge on any atom is 0.257 e. The molecule has 0 unspecified atom stereocenters. The van der Waals surface area contributed by atoms with Crippen molar-refractivity contribution in [2.75, 3.05) is 5.32 Å². The Hall–Kier alpha value is -1.43. The number of carbonyl (C=O) groups excluding carboxylic acids is 1. The van der Waals surface area contributed by atoms with E-state index in [2.05, 4.69) is 17.2 Å². The lowest BCUT2D eigenvalue weighted by Gasteiger charge is -2.02. The van der Waals surface area contributed by atoms with E-state index in [-0.39, 0.29) is 18.3 Å². The first-order chi connectivity index (χ1) is 9.13. The van der Waals surface area contributed by atoms with E-state index in [0.29, 0.717) is 17.2 Å². The number of carbonyl (C=O) groups is 1. The van der Waals surface area contributed by atoms with E-state index in [1.54, 1.807) is 12.1 Å². The van der Waals surface area contributed by atoms with Gasteiger partial charge in [0, 0.05) is 17.0 Å². The molecule has 0 atom stereocenters. The van der Waals surface area contributed by atoms with E-state index in [1.807, 2.05) is 19.1 Å². The summed E-state index contributed by atoms with van der Waals surface area (Å²) in [5, 5.41) is 3.48. The summed E-state index contributed by atoms with van der Waals surface area (Å²) >= 11 is 1.51. The second kappa shape index (κ2) is 7.38. The second-order valence-corrected chi connectivity index (χ2v) is 5.43. The third kappa shape index (κ3) is 3.79. The molecule has 0 spiro atoms. The van der Waals surface area contributed by atoms with Crippen molar-refractivity contribution in [3.8, 4) is 0 Å². The number of aromatic nitrogens is 1. The SMILES string of the molecule is CCc1nc(NC(=O)c2ccc(CN)cc2)sc1C.Cl. The molecule has 0 aliphatic rings. The van der Waals surface area contributed by atoms with E-state index in [0.717, 1.165) is 22.6 Å². The van der Waals surface area contributed by atoms with E-state index >= 15 is 0 Å². The number of nitrogens with two attached hydrogens (primary N) is 1. The van der Waals surface area contributed by atoms with Crippen molar-refractivity contribution in [1.29, 1.82) is 0 Å². The van der Waals surface area contributed by atoms with Gasteiger partial charge in [-0.15, -0.1) is 23.7 Å². The van der Waals surface area contributed by atoms with E-state index in [9.17, 15) is 4.79 Å². The Morgan fingerprint density at radius 3 is 2.50 bits per heavy atom. The number of halogens is 1. The standard InChI is InChI=1S/C14H17N3OS.ClH/c1-3-12-9(2)19-14(16-12)17-13(18)11-6-4-10(8-15)5-7-11;/h4-7H,3,8,15H2,1-2H3,(H,16,17,18);1H. The van der Waals surface area contributed by atoms with Gasteiger partial charge in [0.25, 0.3) is 5.91 Å². The van der Waals surface area contributed by atoms with Crippen molar-refractivity contribution in [3.05, 3.63) is 46.0 Å². The number of anilines is 1. The van der Waals surface area contributed by atoms with E-state index in [4.69, 9.17) is 5.73 Å². The first-order valence-corrected chi connectivity index (χ1v) is 7.02. The molecule has 0 radical (unpaired) electrons. The highest BCUT2D eigenvalue weighted by atomic mass is 35.5. The number of hydrogen-bond donors (Lipinski definition) is 2. The number of hydrogen-bond acceptors (Lipinski definition) is 4. The zero-order valence-electron chi connectivity index (χ0n) is 11.5. The van der Waals surface area contributed by atoms with Crippen LogP contribution in [-0.4, -0.2) is 10.9 Å². The third-order valence-corrected chi connectivity index (χ3v) is 3.83. The largest absolute Gasteiger partial charge is 0.326 e. The predicted molar refractivity (Wildman–Crippen MR) is 85.8 cm³/mol. The highest BCUT2D eigenvalue weighted by Crippen LogP contribution is 2.22. The Morgan fingerprint density at radius 1 is 1.35 bits per heavy atom. The lowest BCUT2D eigenvalue weighted by Crippen LogP contribution is -2.11. The number of benzene rings is 1. The molecule has 4 nitrogen and oxygen atoms in total. The van der Waals surface area contributed by atoms with Gasteiger partial charge in [-0.1, -0.05) is 19.1 Å². The topological polar surface area (TPSA) is 68.0 Å². The van der Waals surface area contributed by atoms with Crippen molar-refractivity contribution in [2.24, 2.45) is 5.73 Å². The molecule has 1 aromatic heterocycles. The number of amides is 1. The predicted octanol–water partition coefficient (Wildman–Crippen LogP) is 3.15. The van der Waals surface area contributed by atoms with Crippen LogP contribution in [0.1, 0.15) is 33.4 Å². The number of aryl methyl sites for hydroxylation is 2. The van der Waals surface area contributed by atoms with Crippen molar-refractivity contribution >= 4 is 34.8 Å². The van der Waals surface area contributed by atoms with Crippen LogP contribution >= 0.6 is 23.7 Å². The Morgan fingerprint density at radius 2 is 2.00 bits per heavy atom. The van der Waals surface area contributed by atoms with Gasteiger partial charge in [-0.3, -0.25) is 10.1 Å². The van der Waals surface area contributed by atoms with E-state index in [1.165, 1.54) is 11.3 Å². The fourth-order valence-electron chi connectivity index (χ4n) is 1.77. The van der Waals surface area contributed by atoms with Crippen LogP contribution in [0.4, 0.5) is 5.13 Å². The molecule has 1 heterocycles. The molecule has 0 saturated carbocycles. The third-order valence-electron chi connectivity index (χ3n) is 2.90. The Balaban J connectivity index is 0.00000200. The molecule has 1 aromatic carbocycles. The first-order valence-electron chi connectivity index (χ1n) is 6.20. The number of nitrogens with one attached hydrogen (secondary N) is 1. The van der Waals surface area contributed by atoms with Crippen LogP contribution in [0.15, 0.2) is 24.3 Å². The summed E-state index contributed by atoms with van der Waals surface area (Å²) in [6.45, 7) is 4.55. The van der Waals surface area contributed by atoms with Crippen LogP contribution in [-0.2, 0) is 13.0 Å². The molecule has 1 amide bonds. The molecule has 20 heavy (non-hydrogen) atoms. The van der Waals surface area contributed by atoms with Gasteiger partial charge in [0.05, 0.1) is 5.69 Å². The molecule has 3 N–H and O–H groups in total. The van der Waals surface area contributed by atoms with Crippen LogP contribution in [0.5, 0.6) is 0 Å². The minimum atomic E-state index is -0.139. The highest BCUT2D eigenvalue weighted by Gasteiger charge is 2.10. The van der Waals surface area contributed by atoms with Gasteiger partial charge >= 0.3 is 0 Å². The van der Waals surface area contributed by atoms with Crippen LogP contribution in [0.2, 0.25) is 0 Å². The van der Waals surface area contributed by atoms with Crippen LogP contribution in [0, 0.1) is 6.92 Å². The minimum absolute atomic E-state index is 0. The lowest BCUT2D eigenvalue weighted by molar-refractivity contribution is 0.102. The molecule has 0 fully saturated rings. The van der Waals surface area contributed by atoms with Crippen molar-refractivity contribution < 1.29 is 4.79 Å². The van der Waals surface area contributed by atoms with Gasteiger partial charge < -0.3 is 5.73 Å². The quantitative estimate of drug-likeness (QED) is 0.911. The molecule has 108 valence electrons. The van der Waals surface area contributed by atoms with Crippen molar-refractivity contribution in [1.82, 2.24) is 4.98 Å². The molecular formula is C14H18ClN3OS. The van der Waals surface area contributed by atoms with Gasteiger partial charge in [0.15, 0.2) is 5.13 Å². The fourth-order valence-corrected chi connectivity index (χ4v) is 2.67. The van der Waals surface area contributed by atoms with Crippen LogP contribution in [0.25, 0.3) is 0 Å². The molecule has 0 bridgehead atoms. The number of rotatable bonds is 4. The first kappa shape index (κ1) is 16.6. The van der Waals surface area contributed by atoms with Gasteiger partial charge in [0.2, 0.25) is 0 Å². The Bertz CT molecular complexity index is 581. The molecule has 0 aliphatic heterocycles. The maximum atomic E-state index is 12.0. The number of nitrogens with zero attached hydrogens (tertiary/aromatic N) is 1. The van der Waals surface area contributed by atoms with Crippen LogP contribution < -0.4 is 11.1 Å².